The molecule has 5 rings (SSSR count). The molecule has 2 N–H and O–H groups in total. The smallest absolute Gasteiger partial charge is 0.348 e. The molecule has 0 saturated heterocycles. The molecule has 2 heterocycles. The van der Waals surface area contributed by atoms with Crippen LogP contribution >= 0.6 is 0 Å². The van der Waals surface area contributed by atoms with Crippen LogP contribution in [0.15, 0.2) is 100 Å². The highest BCUT2D eigenvalue weighted by atomic mass is 16.5. The standard InChI is InChI=1S/C36H35N5O6/c1-23-28(38-31(42)27-16-9-8-14-25(27)22-46-32(43)24-12-6-5-7-13-24)17-18-29-30(23)33(44)47-35(39-29)40-36(2,3)34(45)41(4)21-19-26-15-10-11-20-37-26/h5-18,20H,19,21-22H2,1-4H3,(H,38,42)(H,39,40). The lowest BCUT2D eigenvalue weighted by molar-refractivity contribution is -0.133. The molecule has 0 saturated carbocycles. The van der Waals surface area contributed by atoms with E-state index in [1.165, 1.54) is 0 Å². The maximum Gasteiger partial charge on any atom is 0.348 e. The zero-order valence-corrected chi connectivity index (χ0v) is 26.6. The van der Waals surface area contributed by atoms with Crippen molar-refractivity contribution in [3.8, 4) is 0 Å². The van der Waals surface area contributed by atoms with Crippen LogP contribution in [0.1, 0.15) is 51.4 Å². The van der Waals surface area contributed by atoms with E-state index in [4.69, 9.17) is 9.15 Å². The van der Waals surface area contributed by atoms with Gasteiger partial charge in [0.1, 0.15) is 12.1 Å². The summed E-state index contributed by atoms with van der Waals surface area (Å²) in [5.41, 5.74) is 1.48. The van der Waals surface area contributed by atoms with E-state index in [-0.39, 0.29) is 23.9 Å². The van der Waals surface area contributed by atoms with Crippen LogP contribution in [-0.4, -0.2) is 51.8 Å². The Morgan fingerprint density at radius 1 is 0.936 bits per heavy atom. The first-order valence-electron chi connectivity index (χ1n) is 15.0. The van der Waals surface area contributed by atoms with Crippen LogP contribution in [0.25, 0.3) is 10.9 Å². The number of amides is 2. The number of ether oxygens (including phenoxy) is 1. The number of aromatic nitrogens is 2. The van der Waals surface area contributed by atoms with Crippen molar-refractivity contribution in [2.24, 2.45) is 0 Å². The second kappa shape index (κ2) is 14.1. The Morgan fingerprint density at radius 3 is 2.40 bits per heavy atom. The first-order chi connectivity index (χ1) is 22.5. The Morgan fingerprint density at radius 2 is 1.66 bits per heavy atom. The van der Waals surface area contributed by atoms with Crippen molar-refractivity contribution in [1.29, 1.82) is 0 Å². The SMILES string of the molecule is Cc1c(NC(=O)c2ccccc2COC(=O)c2ccccc2)ccc2nc(NC(C)(C)C(=O)N(C)CCc3ccccn3)oc(=O)c12. The zero-order chi connectivity index (χ0) is 33.6. The highest BCUT2D eigenvalue weighted by molar-refractivity contribution is 6.07. The molecule has 11 heteroatoms. The summed E-state index contributed by atoms with van der Waals surface area (Å²) in [5, 5.41) is 6.01. The molecule has 0 aliphatic heterocycles. The molecule has 240 valence electrons. The van der Waals surface area contributed by atoms with E-state index < -0.39 is 23.0 Å². The number of benzene rings is 3. The average molecular weight is 634 g/mol. The van der Waals surface area contributed by atoms with Crippen LogP contribution in [0.3, 0.4) is 0 Å². The number of fused-ring (bicyclic) bond motifs is 1. The summed E-state index contributed by atoms with van der Waals surface area (Å²) in [4.78, 5) is 62.6. The molecule has 11 nitrogen and oxygen atoms in total. The van der Waals surface area contributed by atoms with Crippen molar-refractivity contribution >= 4 is 40.4 Å². The molecule has 0 aliphatic rings. The minimum Gasteiger partial charge on any atom is -0.457 e. The summed E-state index contributed by atoms with van der Waals surface area (Å²) in [6, 6.07) is 24.2. The number of carbonyl (C=O) groups is 3. The van der Waals surface area contributed by atoms with E-state index >= 15 is 0 Å². The zero-order valence-electron chi connectivity index (χ0n) is 26.6. The number of hydrogen-bond donors (Lipinski definition) is 2. The highest BCUT2D eigenvalue weighted by Crippen LogP contribution is 2.25. The van der Waals surface area contributed by atoms with Gasteiger partial charge in [-0.15, -0.1) is 0 Å². The van der Waals surface area contributed by atoms with E-state index in [1.54, 1.807) is 106 Å². The lowest BCUT2D eigenvalue weighted by Gasteiger charge is -2.30. The van der Waals surface area contributed by atoms with Crippen LogP contribution in [0, 0.1) is 6.92 Å². The molecule has 0 radical (unpaired) electrons. The molecule has 0 atom stereocenters. The largest absolute Gasteiger partial charge is 0.457 e. The normalized spacial score (nSPS) is 11.1. The monoisotopic (exact) mass is 633 g/mol. The number of pyridine rings is 1. The van der Waals surface area contributed by atoms with Gasteiger partial charge in [0.25, 0.3) is 11.9 Å². The number of anilines is 2. The minimum absolute atomic E-state index is 0.101. The summed E-state index contributed by atoms with van der Waals surface area (Å²) < 4.78 is 10.9. The fourth-order valence-corrected chi connectivity index (χ4v) is 5.09. The van der Waals surface area contributed by atoms with E-state index in [1.807, 2.05) is 18.2 Å². The summed E-state index contributed by atoms with van der Waals surface area (Å²) in [6.45, 7) is 5.40. The Bertz CT molecular complexity index is 1980. The number of carbonyl (C=O) groups excluding carboxylic acids is 3. The predicted molar refractivity (Wildman–Crippen MR) is 178 cm³/mol. The molecule has 0 spiro atoms. The fourth-order valence-electron chi connectivity index (χ4n) is 5.09. The van der Waals surface area contributed by atoms with Gasteiger partial charge in [0.2, 0.25) is 5.91 Å². The van der Waals surface area contributed by atoms with Gasteiger partial charge in [0.15, 0.2) is 0 Å². The number of esters is 1. The fraction of sp³-hybridized carbons (Fsp3) is 0.222. The summed E-state index contributed by atoms with van der Waals surface area (Å²) in [5.74, 6) is -1.16. The van der Waals surface area contributed by atoms with E-state index in [0.717, 1.165) is 5.69 Å². The third-order valence-corrected chi connectivity index (χ3v) is 7.67. The van der Waals surface area contributed by atoms with Gasteiger partial charge in [-0.05, 0) is 68.8 Å². The molecular weight excluding hydrogens is 598 g/mol. The van der Waals surface area contributed by atoms with Crippen molar-refractivity contribution in [2.45, 2.75) is 39.3 Å². The molecule has 2 aromatic heterocycles. The van der Waals surface area contributed by atoms with Crippen molar-refractivity contribution in [3.63, 3.8) is 0 Å². The van der Waals surface area contributed by atoms with Crippen LogP contribution in [0.5, 0.6) is 0 Å². The highest BCUT2D eigenvalue weighted by Gasteiger charge is 2.32. The first kappa shape index (κ1) is 32.6. The van der Waals surface area contributed by atoms with Crippen LogP contribution in [0.2, 0.25) is 0 Å². The Labute approximate surface area is 271 Å². The van der Waals surface area contributed by atoms with Gasteiger partial charge < -0.3 is 24.7 Å². The molecule has 0 aliphatic carbocycles. The van der Waals surface area contributed by atoms with Gasteiger partial charge >= 0.3 is 11.6 Å². The number of nitrogens with zero attached hydrogens (tertiary/aromatic N) is 3. The summed E-state index contributed by atoms with van der Waals surface area (Å²) >= 11 is 0. The Balaban J connectivity index is 1.28. The van der Waals surface area contributed by atoms with Gasteiger partial charge in [0, 0.05) is 48.7 Å². The molecule has 0 bridgehead atoms. The molecule has 2 amide bonds. The van der Waals surface area contributed by atoms with E-state index in [9.17, 15) is 19.2 Å². The first-order valence-corrected chi connectivity index (χ1v) is 15.0. The molecule has 5 aromatic rings. The number of rotatable bonds is 11. The topological polar surface area (TPSA) is 144 Å². The second-order valence-electron chi connectivity index (χ2n) is 11.5. The molecular formula is C36H35N5O6. The molecule has 47 heavy (non-hydrogen) atoms. The number of hydrogen-bond acceptors (Lipinski definition) is 9. The predicted octanol–water partition coefficient (Wildman–Crippen LogP) is 5.39. The third kappa shape index (κ3) is 7.70. The Hall–Kier alpha value is -5.84. The third-order valence-electron chi connectivity index (χ3n) is 7.67. The van der Waals surface area contributed by atoms with Crippen LogP contribution in [-0.2, 0) is 22.6 Å². The maximum absolute atomic E-state index is 13.4. The number of aryl methyl sites for hydroxylation is 1. The summed E-state index contributed by atoms with van der Waals surface area (Å²) in [6.07, 6.45) is 2.30. The van der Waals surface area contributed by atoms with Crippen LogP contribution < -0.4 is 16.3 Å². The Kier molecular flexibility index (Phi) is 9.74. The molecule has 3 aromatic carbocycles. The molecule has 0 unspecified atom stereocenters. The van der Waals surface area contributed by atoms with Crippen molar-refractivity contribution in [3.05, 3.63) is 129 Å². The van der Waals surface area contributed by atoms with Crippen LogP contribution in [0.4, 0.5) is 11.7 Å². The van der Waals surface area contributed by atoms with E-state index in [0.29, 0.717) is 46.4 Å². The van der Waals surface area contributed by atoms with Gasteiger partial charge in [-0.2, -0.15) is 4.98 Å². The molecule has 0 fully saturated rings. The quantitative estimate of drug-likeness (QED) is 0.183. The number of likely N-dealkylation sites (N-methyl/N-ethyl adjacent to an activating group) is 1. The maximum atomic E-state index is 13.4. The van der Waals surface area contributed by atoms with E-state index in [2.05, 4.69) is 20.6 Å². The summed E-state index contributed by atoms with van der Waals surface area (Å²) in [7, 11) is 1.70. The van der Waals surface area contributed by atoms with Gasteiger partial charge in [-0.25, -0.2) is 9.59 Å². The lowest BCUT2D eigenvalue weighted by Crippen LogP contribution is -2.49. The van der Waals surface area contributed by atoms with Gasteiger partial charge in [0.05, 0.1) is 16.5 Å². The van der Waals surface area contributed by atoms with Crippen molar-refractivity contribution in [1.82, 2.24) is 14.9 Å². The van der Waals surface area contributed by atoms with Gasteiger partial charge in [-0.3, -0.25) is 14.6 Å². The average Bonchev–Trinajstić information content (AvgIpc) is 3.07. The van der Waals surface area contributed by atoms with Crippen molar-refractivity contribution in [2.75, 3.05) is 24.2 Å². The minimum atomic E-state index is -1.14. The van der Waals surface area contributed by atoms with Gasteiger partial charge in [-0.1, -0.05) is 42.5 Å². The lowest BCUT2D eigenvalue weighted by atomic mass is 10.0. The number of nitrogens with one attached hydrogen (secondary N) is 2. The second-order valence-corrected chi connectivity index (χ2v) is 11.5. The van der Waals surface area contributed by atoms with Crippen molar-refractivity contribution < 1.29 is 23.5 Å².